The second-order valence-corrected chi connectivity index (χ2v) is 8.30. The van der Waals surface area contributed by atoms with Gasteiger partial charge in [0.15, 0.2) is 0 Å². The summed E-state index contributed by atoms with van der Waals surface area (Å²) in [6.07, 6.45) is 3.56. The van der Waals surface area contributed by atoms with Gasteiger partial charge in [0.25, 0.3) is 0 Å². The SMILES string of the molecule is CCc1ccc2oc(-c3ccc(OC)cc3)cc(=[NH+]c3ccc(N4CCCC4)cc3)c2c1. The molecule has 162 valence electrons. The molecule has 1 aliphatic heterocycles. The zero-order valence-electron chi connectivity index (χ0n) is 18.7. The Balaban J connectivity index is 1.61. The second-order valence-electron chi connectivity index (χ2n) is 8.30. The van der Waals surface area contributed by atoms with Crippen LogP contribution in [0, 0.1) is 0 Å². The molecule has 5 rings (SSSR count). The molecule has 0 bridgehead atoms. The van der Waals surface area contributed by atoms with Gasteiger partial charge in [-0.3, -0.25) is 0 Å². The summed E-state index contributed by atoms with van der Waals surface area (Å²) in [5.41, 5.74) is 5.54. The van der Waals surface area contributed by atoms with Crippen LogP contribution < -0.4 is 20.0 Å². The monoisotopic (exact) mass is 425 g/mol. The highest BCUT2D eigenvalue weighted by Gasteiger charge is 2.13. The molecular formula is C28H29N2O2+. The highest BCUT2D eigenvalue weighted by molar-refractivity contribution is 5.79. The summed E-state index contributed by atoms with van der Waals surface area (Å²) in [4.78, 5) is 6.10. The van der Waals surface area contributed by atoms with Crippen molar-refractivity contribution in [1.29, 1.82) is 0 Å². The predicted molar refractivity (Wildman–Crippen MR) is 129 cm³/mol. The number of nitrogens with one attached hydrogen (secondary N) is 1. The van der Waals surface area contributed by atoms with E-state index in [1.54, 1.807) is 7.11 Å². The van der Waals surface area contributed by atoms with Crippen molar-refractivity contribution < 1.29 is 14.1 Å². The first-order chi connectivity index (χ1) is 15.7. The van der Waals surface area contributed by atoms with Crippen LogP contribution in [0.5, 0.6) is 5.75 Å². The van der Waals surface area contributed by atoms with Crippen LogP contribution in [0.2, 0.25) is 0 Å². The molecule has 2 heterocycles. The van der Waals surface area contributed by atoms with Gasteiger partial charge >= 0.3 is 0 Å². The number of anilines is 1. The van der Waals surface area contributed by atoms with E-state index in [0.29, 0.717) is 0 Å². The minimum atomic E-state index is 0.820. The molecule has 0 unspecified atom stereocenters. The molecule has 0 amide bonds. The Hall–Kier alpha value is -3.53. The number of hydrogen-bond acceptors (Lipinski definition) is 3. The molecular weight excluding hydrogens is 396 g/mol. The number of benzene rings is 3. The van der Waals surface area contributed by atoms with E-state index in [9.17, 15) is 0 Å². The maximum absolute atomic E-state index is 6.30. The number of ether oxygens (including phenoxy) is 1. The van der Waals surface area contributed by atoms with Gasteiger partial charge in [0.1, 0.15) is 17.1 Å². The average molecular weight is 426 g/mol. The molecule has 0 spiro atoms. The Morgan fingerprint density at radius 3 is 2.34 bits per heavy atom. The van der Waals surface area contributed by atoms with Crippen LogP contribution in [-0.4, -0.2) is 20.2 Å². The molecule has 1 N–H and O–H groups in total. The number of methoxy groups -OCH3 is 1. The van der Waals surface area contributed by atoms with Gasteiger partial charge in [0.2, 0.25) is 11.0 Å². The lowest BCUT2D eigenvalue weighted by molar-refractivity contribution is -0.400. The van der Waals surface area contributed by atoms with E-state index in [2.05, 4.69) is 65.3 Å². The predicted octanol–water partition coefficient (Wildman–Crippen LogP) is 4.58. The summed E-state index contributed by atoms with van der Waals surface area (Å²) in [6, 6.07) is 25.3. The summed E-state index contributed by atoms with van der Waals surface area (Å²) in [6.45, 7) is 4.49. The molecule has 4 heteroatoms. The quantitative estimate of drug-likeness (QED) is 0.509. The van der Waals surface area contributed by atoms with Gasteiger partial charge in [0.05, 0.1) is 18.6 Å². The van der Waals surface area contributed by atoms with Crippen molar-refractivity contribution >= 4 is 22.3 Å². The standard InChI is InChI=1S/C28H28N2O2/c1-3-20-6-15-27-25(18-20)26(19-28(32-27)21-7-13-24(31-2)14-8-21)29-22-9-11-23(12-10-22)30-16-4-5-17-30/h6-15,18-19H,3-5,16-17H2,1-2H3/p+1. The summed E-state index contributed by atoms with van der Waals surface area (Å²) < 4.78 is 11.6. The molecule has 0 atom stereocenters. The number of fused-ring (bicyclic) bond motifs is 1. The first-order valence-corrected chi connectivity index (χ1v) is 11.4. The molecule has 1 aromatic heterocycles. The van der Waals surface area contributed by atoms with E-state index in [1.165, 1.54) is 24.1 Å². The van der Waals surface area contributed by atoms with Crippen molar-refractivity contribution in [3.05, 3.63) is 83.7 Å². The first-order valence-electron chi connectivity index (χ1n) is 11.4. The maximum atomic E-state index is 6.30. The largest absolute Gasteiger partial charge is 0.497 e. The molecule has 4 nitrogen and oxygen atoms in total. The van der Waals surface area contributed by atoms with Crippen molar-refractivity contribution in [2.75, 3.05) is 25.1 Å². The highest BCUT2D eigenvalue weighted by atomic mass is 16.5. The minimum Gasteiger partial charge on any atom is -0.497 e. The zero-order chi connectivity index (χ0) is 21.9. The molecule has 1 saturated heterocycles. The van der Waals surface area contributed by atoms with Gasteiger partial charge < -0.3 is 14.1 Å². The van der Waals surface area contributed by atoms with Crippen LogP contribution in [-0.2, 0) is 6.42 Å². The fourth-order valence-electron chi connectivity index (χ4n) is 4.34. The van der Waals surface area contributed by atoms with Crippen LogP contribution in [0.1, 0.15) is 25.3 Å². The summed E-state index contributed by atoms with van der Waals surface area (Å²) in [5.74, 6) is 1.65. The third-order valence-electron chi connectivity index (χ3n) is 6.23. The molecule has 1 aliphatic rings. The average Bonchev–Trinajstić information content (AvgIpc) is 3.39. The van der Waals surface area contributed by atoms with Gasteiger partial charge in [-0.15, -0.1) is 0 Å². The summed E-state index contributed by atoms with van der Waals surface area (Å²) in [7, 11) is 1.68. The maximum Gasteiger partial charge on any atom is 0.218 e. The molecule has 0 aliphatic carbocycles. The van der Waals surface area contributed by atoms with Crippen molar-refractivity contribution in [3.8, 4) is 17.1 Å². The third kappa shape index (κ3) is 4.13. The van der Waals surface area contributed by atoms with E-state index < -0.39 is 0 Å². The third-order valence-corrected chi connectivity index (χ3v) is 6.23. The van der Waals surface area contributed by atoms with Crippen LogP contribution in [0.3, 0.4) is 0 Å². The second kappa shape index (κ2) is 8.91. The Morgan fingerprint density at radius 1 is 0.906 bits per heavy atom. The minimum absolute atomic E-state index is 0.820. The van der Waals surface area contributed by atoms with E-state index >= 15 is 0 Å². The topological polar surface area (TPSA) is 39.6 Å². The number of nitrogens with zero attached hydrogens (tertiary/aromatic N) is 1. The Morgan fingerprint density at radius 2 is 1.66 bits per heavy atom. The lowest BCUT2D eigenvalue weighted by atomic mass is 10.1. The highest BCUT2D eigenvalue weighted by Crippen LogP contribution is 2.25. The zero-order valence-corrected chi connectivity index (χ0v) is 18.7. The fourth-order valence-corrected chi connectivity index (χ4v) is 4.34. The first kappa shape index (κ1) is 20.4. The van der Waals surface area contributed by atoms with Gasteiger partial charge in [-0.1, -0.05) is 13.0 Å². The number of hydrogen-bond donors (Lipinski definition) is 1. The summed E-state index contributed by atoms with van der Waals surface area (Å²) in [5, 5.41) is 2.13. The molecule has 3 aromatic carbocycles. The molecule has 0 saturated carbocycles. The molecule has 4 aromatic rings. The van der Waals surface area contributed by atoms with E-state index in [-0.39, 0.29) is 0 Å². The smallest absolute Gasteiger partial charge is 0.218 e. The van der Waals surface area contributed by atoms with Crippen LogP contribution in [0.15, 0.2) is 77.2 Å². The lowest BCUT2D eigenvalue weighted by Crippen LogP contribution is -2.70. The van der Waals surface area contributed by atoms with Crippen molar-refractivity contribution in [1.82, 2.24) is 0 Å². The Kier molecular flexibility index (Phi) is 5.68. The van der Waals surface area contributed by atoms with E-state index in [1.807, 2.05) is 24.3 Å². The van der Waals surface area contributed by atoms with Gasteiger partial charge in [-0.25, -0.2) is 4.99 Å². The number of aryl methyl sites for hydroxylation is 1. The van der Waals surface area contributed by atoms with Crippen molar-refractivity contribution in [2.45, 2.75) is 26.2 Å². The fraction of sp³-hybridized carbons (Fsp3) is 0.250. The summed E-state index contributed by atoms with van der Waals surface area (Å²) >= 11 is 0. The van der Waals surface area contributed by atoms with Gasteiger partial charge in [-0.2, -0.15) is 0 Å². The van der Waals surface area contributed by atoms with Crippen LogP contribution in [0.4, 0.5) is 11.4 Å². The molecule has 32 heavy (non-hydrogen) atoms. The van der Waals surface area contributed by atoms with Crippen molar-refractivity contribution in [3.63, 3.8) is 0 Å². The van der Waals surface area contributed by atoms with Gasteiger partial charge in [0, 0.05) is 36.5 Å². The normalized spacial score (nSPS) is 14.3. The molecule has 1 fully saturated rings. The Labute approximate surface area is 188 Å². The van der Waals surface area contributed by atoms with Crippen LogP contribution >= 0.6 is 0 Å². The van der Waals surface area contributed by atoms with Gasteiger partial charge in [-0.05, 0) is 73.4 Å². The molecule has 0 radical (unpaired) electrons. The number of rotatable bonds is 5. The van der Waals surface area contributed by atoms with Crippen LogP contribution in [0.25, 0.3) is 22.3 Å². The van der Waals surface area contributed by atoms with E-state index in [4.69, 9.17) is 9.15 Å². The van der Waals surface area contributed by atoms with E-state index in [0.717, 1.165) is 58.6 Å². The van der Waals surface area contributed by atoms with Crippen molar-refractivity contribution in [2.24, 2.45) is 0 Å². The lowest BCUT2D eigenvalue weighted by Gasteiger charge is -2.16. The Bertz CT molecular complexity index is 1280.